The number of thioether (sulfide) groups is 1. The maximum absolute atomic E-state index is 13.5. The second-order valence-corrected chi connectivity index (χ2v) is 12.3. The second kappa shape index (κ2) is 13.3. The van der Waals surface area contributed by atoms with Gasteiger partial charge in [0, 0.05) is 30.4 Å². The van der Waals surface area contributed by atoms with Crippen molar-refractivity contribution in [3.63, 3.8) is 0 Å². The molecule has 1 aromatic rings. The number of likely N-dealkylation sites (tertiary alicyclic amines) is 1. The topological polar surface area (TPSA) is 61.9 Å². The largest absolute Gasteiger partial charge is 0.496 e. The Hall–Kier alpha value is -1.51. The number of ether oxygens (including phenoxy) is 1. The molecule has 8 heteroatoms. The molecule has 2 aliphatic heterocycles. The Morgan fingerprint density at radius 1 is 1.22 bits per heavy atom. The summed E-state index contributed by atoms with van der Waals surface area (Å²) in [5.74, 6) is 0.692. The van der Waals surface area contributed by atoms with Gasteiger partial charge in [-0.15, -0.1) is 11.8 Å². The average Bonchev–Trinajstić information content (AvgIpc) is 2.89. The highest BCUT2D eigenvalue weighted by Crippen LogP contribution is 2.42. The molecule has 3 unspecified atom stereocenters. The fraction of sp³-hybridized carbons (Fsp3) is 0.643. The van der Waals surface area contributed by atoms with E-state index in [2.05, 4.69) is 33.1 Å². The SMILES string of the molecule is CCC1CCCCN1CCCNC(=O)CN1C(=O)/C(=C\c2ccc(OC)c(Br)c2)SC2CCCCC21. The molecule has 1 N–H and O–H groups in total. The Bertz CT molecular complexity index is 956. The first-order valence-corrected chi connectivity index (χ1v) is 15.2. The lowest BCUT2D eigenvalue weighted by molar-refractivity contribution is -0.135. The summed E-state index contributed by atoms with van der Waals surface area (Å²) in [6.07, 6.45) is 12.4. The third-order valence-corrected chi connectivity index (χ3v) is 9.79. The predicted molar refractivity (Wildman–Crippen MR) is 151 cm³/mol. The van der Waals surface area contributed by atoms with E-state index in [-0.39, 0.29) is 24.4 Å². The van der Waals surface area contributed by atoms with Crippen molar-refractivity contribution < 1.29 is 14.3 Å². The molecule has 0 radical (unpaired) electrons. The van der Waals surface area contributed by atoms with Crippen LogP contribution in [0.3, 0.4) is 0 Å². The third-order valence-electron chi connectivity index (χ3n) is 7.77. The van der Waals surface area contributed by atoms with E-state index in [9.17, 15) is 9.59 Å². The lowest BCUT2D eigenvalue weighted by atomic mass is 9.93. The van der Waals surface area contributed by atoms with Crippen LogP contribution in [0, 0.1) is 0 Å². The number of nitrogens with one attached hydrogen (secondary N) is 1. The molecule has 1 aromatic carbocycles. The number of carbonyl (C=O) groups excluding carboxylic acids is 2. The summed E-state index contributed by atoms with van der Waals surface area (Å²) in [6, 6.07) is 6.66. The molecule has 6 nitrogen and oxygen atoms in total. The molecule has 3 atom stereocenters. The average molecular weight is 579 g/mol. The molecule has 2 heterocycles. The molecule has 0 aromatic heterocycles. The Kier molecular flexibility index (Phi) is 10.2. The van der Waals surface area contributed by atoms with Crippen molar-refractivity contribution in [3.05, 3.63) is 33.1 Å². The fourth-order valence-electron chi connectivity index (χ4n) is 5.82. The van der Waals surface area contributed by atoms with Gasteiger partial charge in [-0.1, -0.05) is 32.3 Å². The van der Waals surface area contributed by atoms with Gasteiger partial charge in [-0.05, 0) is 84.8 Å². The van der Waals surface area contributed by atoms with Crippen LogP contribution in [0.4, 0.5) is 0 Å². The lowest BCUT2D eigenvalue weighted by Crippen LogP contribution is -2.54. The van der Waals surface area contributed by atoms with Gasteiger partial charge in [0.2, 0.25) is 5.91 Å². The van der Waals surface area contributed by atoms with Crippen LogP contribution in [-0.2, 0) is 9.59 Å². The number of carbonyl (C=O) groups is 2. The number of methoxy groups -OCH3 is 1. The van der Waals surface area contributed by atoms with Gasteiger partial charge in [-0.25, -0.2) is 0 Å². The quantitative estimate of drug-likeness (QED) is 0.312. The van der Waals surface area contributed by atoms with Gasteiger partial charge in [0.25, 0.3) is 5.91 Å². The minimum absolute atomic E-state index is 0.0238. The molecule has 1 saturated carbocycles. The van der Waals surface area contributed by atoms with E-state index in [1.54, 1.807) is 18.9 Å². The molecule has 36 heavy (non-hydrogen) atoms. The molecular weight excluding hydrogens is 538 g/mol. The van der Waals surface area contributed by atoms with E-state index in [4.69, 9.17) is 4.74 Å². The summed E-state index contributed by atoms with van der Waals surface area (Å²) in [5.41, 5.74) is 0.945. The van der Waals surface area contributed by atoms with Crippen LogP contribution in [-0.4, -0.2) is 72.2 Å². The highest BCUT2D eigenvalue weighted by atomic mass is 79.9. The highest BCUT2D eigenvalue weighted by molar-refractivity contribution is 9.10. The van der Waals surface area contributed by atoms with Crippen molar-refractivity contribution in [1.29, 1.82) is 0 Å². The molecule has 0 spiro atoms. The van der Waals surface area contributed by atoms with E-state index in [1.165, 1.54) is 38.6 Å². The van der Waals surface area contributed by atoms with Crippen LogP contribution in [0.2, 0.25) is 0 Å². The number of halogens is 1. The normalized spacial score (nSPS) is 26.1. The summed E-state index contributed by atoms with van der Waals surface area (Å²) >= 11 is 5.23. The predicted octanol–water partition coefficient (Wildman–Crippen LogP) is 5.46. The molecule has 198 valence electrons. The zero-order chi connectivity index (χ0) is 25.5. The standard InChI is InChI=1S/C28H40BrN3O3S/c1-3-21-9-6-7-15-31(21)16-8-14-30-27(33)19-32-23-10-4-5-11-25(23)36-26(28(32)34)18-20-12-13-24(35-2)22(29)17-20/h12-13,17-18,21,23,25H,3-11,14-16,19H2,1-2H3,(H,30,33)/b26-18+. The van der Waals surface area contributed by atoms with Crippen molar-refractivity contribution in [2.24, 2.45) is 0 Å². The van der Waals surface area contributed by atoms with E-state index in [0.717, 1.165) is 52.9 Å². The van der Waals surface area contributed by atoms with Gasteiger partial charge in [0.1, 0.15) is 12.3 Å². The minimum Gasteiger partial charge on any atom is -0.496 e. The number of piperidine rings is 1. The molecule has 0 bridgehead atoms. The Morgan fingerprint density at radius 3 is 2.81 bits per heavy atom. The van der Waals surface area contributed by atoms with E-state index < -0.39 is 0 Å². The second-order valence-electron chi connectivity index (χ2n) is 10.1. The first kappa shape index (κ1) is 27.5. The summed E-state index contributed by atoms with van der Waals surface area (Å²) < 4.78 is 6.19. The van der Waals surface area contributed by atoms with Gasteiger partial charge < -0.3 is 19.9 Å². The first-order valence-electron chi connectivity index (χ1n) is 13.5. The van der Waals surface area contributed by atoms with Crippen LogP contribution in [0.15, 0.2) is 27.6 Å². The number of benzene rings is 1. The maximum atomic E-state index is 13.5. The smallest absolute Gasteiger partial charge is 0.261 e. The van der Waals surface area contributed by atoms with Gasteiger partial charge in [-0.3, -0.25) is 9.59 Å². The number of nitrogens with zero attached hydrogens (tertiary/aromatic N) is 2. The van der Waals surface area contributed by atoms with Crippen molar-refractivity contribution >= 4 is 45.6 Å². The fourth-order valence-corrected chi connectivity index (χ4v) is 7.85. The van der Waals surface area contributed by atoms with Crippen LogP contribution >= 0.6 is 27.7 Å². The van der Waals surface area contributed by atoms with Crippen LogP contribution in [0.25, 0.3) is 6.08 Å². The van der Waals surface area contributed by atoms with Crippen molar-refractivity contribution in [2.75, 3.05) is 33.3 Å². The zero-order valence-corrected chi connectivity index (χ0v) is 24.0. The van der Waals surface area contributed by atoms with Crippen LogP contribution in [0.1, 0.15) is 70.3 Å². The Morgan fingerprint density at radius 2 is 2.03 bits per heavy atom. The monoisotopic (exact) mass is 577 g/mol. The summed E-state index contributed by atoms with van der Waals surface area (Å²) in [7, 11) is 1.64. The highest BCUT2D eigenvalue weighted by Gasteiger charge is 2.41. The van der Waals surface area contributed by atoms with Gasteiger partial charge in [0.05, 0.1) is 16.5 Å². The maximum Gasteiger partial charge on any atom is 0.261 e. The van der Waals surface area contributed by atoms with Crippen molar-refractivity contribution in [3.8, 4) is 5.75 Å². The number of fused-ring (bicyclic) bond motifs is 1. The van der Waals surface area contributed by atoms with Crippen molar-refractivity contribution in [2.45, 2.75) is 82.0 Å². The molecule has 3 aliphatic rings. The van der Waals surface area contributed by atoms with Gasteiger partial charge in [0.15, 0.2) is 0 Å². The van der Waals surface area contributed by atoms with Gasteiger partial charge in [-0.2, -0.15) is 0 Å². The lowest BCUT2D eigenvalue weighted by Gasteiger charge is -2.43. The van der Waals surface area contributed by atoms with Crippen molar-refractivity contribution in [1.82, 2.24) is 15.1 Å². The number of hydrogen-bond acceptors (Lipinski definition) is 5. The molecular formula is C28H40BrN3O3S. The molecule has 3 fully saturated rings. The van der Waals surface area contributed by atoms with Crippen LogP contribution < -0.4 is 10.1 Å². The van der Waals surface area contributed by atoms with E-state index in [0.29, 0.717) is 17.8 Å². The van der Waals surface area contributed by atoms with E-state index in [1.807, 2.05) is 29.2 Å². The Labute approximate surface area is 228 Å². The summed E-state index contributed by atoms with van der Waals surface area (Å²) in [4.78, 5) is 31.6. The van der Waals surface area contributed by atoms with Gasteiger partial charge >= 0.3 is 0 Å². The number of amides is 2. The van der Waals surface area contributed by atoms with Crippen LogP contribution in [0.5, 0.6) is 5.75 Å². The number of rotatable bonds is 9. The summed E-state index contributed by atoms with van der Waals surface area (Å²) in [5, 5.41) is 3.45. The molecule has 2 amide bonds. The zero-order valence-electron chi connectivity index (χ0n) is 21.6. The molecule has 1 aliphatic carbocycles. The first-order chi connectivity index (χ1) is 17.5. The third kappa shape index (κ3) is 6.87. The number of hydrogen-bond donors (Lipinski definition) is 1. The summed E-state index contributed by atoms with van der Waals surface area (Å²) in [6.45, 7) is 5.29. The Balaban J connectivity index is 1.37. The molecule has 4 rings (SSSR count). The molecule has 2 saturated heterocycles. The minimum atomic E-state index is -0.0446. The van der Waals surface area contributed by atoms with E-state index >= 15 is 0 Å².